The van der Waals surface area contributed by atoms with Gasteiger partial charge in [-0.2, -0.15) is 0 Å². The van der Waals surface area contributed by atoms with E-state index in [4.69, 9.17) is 9.47 Å². The molecule has 0 radical (unpaired) electrons. The van der Waals surface area contributed by atoms with E-state index in [2.05, 4.69) is 9.88 Å². The molecule has 0 saturated carbocycles. The third-order valence-electron chi connectivity index (χ3n) is 6.40. The highest BCUT2D eigenvalue weighted by Crippen LogP contribution is 2.47. The standard InChI is InChI=1S/C22H24FN3O3/c1-28-17-7-10-24-19(14-17)25-11-8-22(9-12-25)21(27)26-18(5-6-20(26)29-22)15-3-2-4-16(23)13-15/h2-4,7,10,13-14,18,20H,5-6,8-9,11-12H2,1H3/t18-,20+/m0/s1. The summed E-state index contributed by atoms with van der Waals surface area (Å²) in [5.41, 5.74) is 0.0750. The number of benzene rings is 1. The van der Waals surface area contributed by atoms with Gasteiger partial charge in [-0.3, -0.25) is 4.79 Å². The zero-order valence-electron chi connectivity index (χ0n) is 16.4. The van der Waals surface area contributed by atoms with E-state index in [0.29, 0.717) is 25.9 Å². The van der Waals surface area contributed by atoms with Gasteiger partial charge in [0.1, 0.15) is 23.6 Å². The molecule has 2 atom stereocenters. The average Bonchev–Trinajstić information content (AvgIpc) is 3.27. The number of fused-ring (bicyclic) bond motifs is 1. The molecule has 152 valence electrons. The lowest BCUT2D eigenvalue weighted by atomic mass is 9.89. The molecule has 3 aliphatic heterocycles. The Bertz CT molecular complexity index is 929. The van der Waals surface area contributed by atoms with Crippen LogP contribution in [-0.4, -0.2) is 47.8 Å². The average molecular weight is 397 g/mol. The van der Waals surface area contributed by atoms with E-state index in [9.17, 15) is 9.18 Å². The molecule has 0 N–H and O–H groups in total. The van der Waals surface area contributed by atoms with E-state index in [1.165, 1.54) is 12.1 Å². The molecule has 0 unspecified atom stereocenters. The van der Waals surface area contributed by atoms with Crippen molar-refractivity contribution >= 4 is 11.7 Å². The number of halogens is 1. The van der Waals surface area contributed by atoms with Crippen molar-refractivity contribution < 1.29 is 18.7 Å². The highest BCUT2D eigenvalue weighted by Gasteiger charge is 2.58. The molecular weight excluding hydrogens is 373 g/mol. The van der Waals surface area contributed by atoms with E-state index in [1.54, 1.807) is 19.4 Å². The van der Waals surface area contributed by atoms with Crippen LogP contribution in [0.15, 0.2) is 42.6 Å². The van der Waals surface area contributed by atoms with Crippen LogP contribution in [0.2, 0.25) is 0 Å². The Morgan fingerprint density at radius 2 is 2.03 bits per heavy atom. The molecule has 29 heavy (non-hydrogen) atoms. The fourth-order valence-corrected chi connectivity index (χ4v) is 4.88. The third kappa shape index (κ3) is 3.04. The molecular formula is C22H24FN3O3. The number of methoxy groups -OCH3 is 1. The van der Waals surface area contributed by atoms with Crippen molar-refractivity contribution in [3.8, 4) is 5.75 Å². The predicted molar refractivity (Wildman–Crippen MR) is 105 cm³/mol. The maximum absolute atomic E-state index is 13.7. The maximum Gasteiger partial charge on any atom is 0.257 e. The topological polar surface area (TPSA) is 54.9 Å². The van der Waals surface area contributed by atoms with Crippen molar-refractivity contribution in [3.05, 3.63) is 54.0 Å². The van der Waals surface area contributed by atoms with E-state index >= 15 is 0 Å². The number of aromatic nitrogens is 1. The van der Waals surface area contributed by atoms with Gasteiger partial charge in [-0.05, 0) is 36.6 Å². The molecule has 1 spiro atoms. The third-order valence-corrected chi connectivity index (χ3v) is 6.40. The predicted octanol–water partition coefficient (Wildman–Crippen LogP) is 3.29. The Morgan fingerprint density at radius 3 is 2.79 bits per heavy atom. The molecule has 2 aromatic rings. The van der Waals surface area contributed by atoms with Crippen molar-refractivity contribution in [1.29, 1.82) is 0 Å². The van der Waals surface area contributed by atoms with E-state index in [1.807, 2.05) is 23.1 Å². The van der Waals surface area contributed by atoms with Crippen molar-refractivity contribution in [2.75, 3.05) is 25.1 Å². The Balaban J connectivity index is 1.33. The molecule has 7 heteroatoms. The summed E-state index contributed by atoms with van der Waals surface area (Å²) in [7, 11) is 1.64. The van der Waals surface area contributed by atoms with Crippen LogP contribution in [0.25, 0.3) is 0 Å². The molecule has 5 rings (SSSR count). The summed E-state index contributed by atoms with van der Waals surface area (Å²) in [5, 5.41) is 0. The summed E-state index contributed by atoms with van der Waals surface area (Å²) < 4.78 is 25.4. The molecule has 6 nitrogen and oxygen atoms in total. The number of carbonyl (C=O) groups excluding carboxylic acids is 1. The largest absolute Gasteiger partial charge is 0.497 e. The van der Waals surface area contributed by atoms with Gasteiger partial charge in [0.2, 0.25) is 0 Å². The number of rotatable bonds is 3. The first-order valence-electron chi connectivity index (χ1n) is 10.1. The Labute approximate surface area is 169 Å². The van der Waals surface area contributed by atoms with Crippen molar-refractivity contribution in [2.24, 2.45) is 0 Å². The molecule has 3 fully saturated rings. The lowest BCUT2D eigenvalue weighted by molar-refractivity contribution is -0.140. The molecule has 0 aliphatic carbocycles. The van der Waals surface area contributed by atoms with Crippen molar-refractivity contribution in [3.63, 3.8) is 0 Å². The van der Waals surface area contributed by atoms with Crippen LogP contribution in [0.4, 0.5) is 10.2 Å². The van der Waals surface area contributed by atoms with E-state index < -0.39 is 5.60 Å². The number of hydrogen-bond donors (Lipinski definition) is 0. The molecule has 1 aromatic heterocycles. The second kappa shape index (κ2) is 6.99. The molecule has 4 heterocycles. The summed E-state index contributed by atoms with van der Waals surface area (Å²) in [5.74, 6) is 1.39. The van der Waals surface area contributed by atoms with Crippen LogP contribution < -0.4 is 9.64 Å². The lowest BCUT2D eigenvalue weighted by Crippen LogP contribution is -2.50. The second-order valence-corrected chi connectivity index (χ2v) is 7.97. The summed E-state index contributed by atoms with van der Waals surface area (Å²) in [6.45, 7) is 1.38. The van der Waals surface area contributed by atoms with Gasteiger partial charge in [-0.1, -0.05) is 12.1 Å². The van der Waals surface area contributed by atoms with Crippen LogP contribution in [0.3, 0.4) is 0 Å². The first-order chi connectivity index (χ1) is 14.1. The molecule has 1 amide bonds. The Hall–Kier alpha value is -2.67. The smallest absolute Gasteiger partial charge is 0.257 e. The molecule has 3 aliphatic rings. The zero-order valence-corrected chi connectivity index (χ0v) is 16.4. The summed E-state index contributed by atoms with van der Waals surface area (Å²) in [6.07, 6.45) is 4.35. The van der Waals surface area contributed by atoms with Gasteiger partial charge in [-0.25, -0.2) is 9.37 Å². The first kappa shape index (κ1) is 18.4. The molecule has 1 aromatic carbocycles. The highest BCUT2D eigenvalue weighted by atomic mass is 19.1. The minimum Gasteiger partial charge on any atom is -0.497 e. The number of nitrogens with zero attached hydrogens (tertiary/aromatic N) is 3. The number of ether oxygens (including phenoxy) is 2. The van der Waals surface area contributed by atoms with Crippen molar-refractivity contribution in [1.82, 2.24) is 9.88 Å². The monoisotopic (exact) mass is 397 g/mol. The van der Waals surface area contributed by atoms with Crippen LogP contribution in [-0.2, 0) is 9.53 Å². The van der Waals surface area contributed by atoms with Gasteiger partial charge in [0.15, 0.2) is 5.60 Å². The van der Waals surface area contributed by atoms with Crippen molar-refractivity contribution in [2.45, 2.75) is 43.6 Å². The summed E-state index contributed by atoms with van der Waals surface area (Å²) in [6, 6.07) is 10.2. The number of pyridine rings is 1. The first-order valence-corrected chi connectivity index (χ1v) is 10.1. The second-order valence-electron chi connectivity index (χ2n) is 7.97. The minimum absolute atomic E-state index is 0.0486. The quantitative estimate of drug-likeness (QED) is 0.796. The van der Waals surface area contributed by atoms with Gasteiger partial charge < -0.3 is 19.3 Å². The van der Waals surface area contributed by atoms with Crippen LogP contribution >= 0.6 is 0 Å². The van der Waals surface area contributed by atoms with Crippen LogP contribution in [0.5, 0.6) is 5.75 Å². The SMILES string of the molecule is COc1ccnc(N2CCC3(CC2)O[C@@H]2CC[C@@H](c4cccc(F)c4)N2C3=O)c1. The normalized spacial score (nSPS) is 25.5. The minimum atomic E-state index is -0.772. The van der Waals surface area contributed by atoms with Gasteiger partial charge in [0, 0.05) is 38.2 Å². The maximum atomic E-state index is 13.7. The van der Waals surface area contributed by atoms with E-state index in [-0.39, 0.29) is 24.0 Å². The summed E-state index contributed by atoms with van der Waals surface area (Å²) >= 11 is 0. The Morgan fingerprint density at radius 1 is 1.21 bits per heavy atom. The lowest BCUT2D eigenvalue weighted by Gasteiger charge is -2.38. The zero-order chi connectivity index (χ0) is 20.0. The van der Waals surface area contributed by atoms with Gasteiger partial charge in [0.05, 0.1) is 13.2 Å². The number of amides is 1. The fraction of sp³-hybridized carbons (Fsp3) is 0.455. The number of anilines is 1. The van der Waals surface area contributed by atoms with Crippen LogP contribution in [0.1, 0.15) is 37.3 Å². The number of hydrogen-bond acceptors (Lipinski definition) is 5. The summed E-state index contributed by atoms with van der Waals surface area (Å²) in [4.78, 5) is 21.9. The fourth-order valence-electron chi connectivity index (χ4n) is 4.88. The highest BCUT2D eigenvalue weighted by molar-refractivity contribution is 5.88. The van der Waals surface area contributed by atoms with Gasteiger partial charge in [-0.15, -0.1) is 0 Å². The van der Waals surface area contributed by atoms with Gasteiger partial charge in [0.25, 0.3) is 5.91 Å². The Kier molecular flexibility index (Phi) is 4.42. The van der Waals surface area contributed by atoms with E-state index in [0.717, 1.165) is 30.0 Å². The van der Waals surface area contributed by atoms with Gasteiger partial charge >= 0.3 is 0 Å². The van der Waals surface area contributed by atoms with Crippen LogP contribution in [0, 0.1) is 5.82 Å². The number of carbonyl (C=O) groups is 1. The molecule has 3 saturated heterocycles. The number of piperidine rings is 1. The molecule has 0 bridgehead atoms.